The van der Waals surface area contributed by atoms with Crippen molar-refractivity contribution in [3.8, 4) is 0 Å². The summed E-state index contributed by atoms with van der Waals surface area (Å²) in [5, 5.41) is 0. The lowest BCUT2D eigenvalue weighted by atomic mass is 9.86. The van der Waals surface area contributed by atoms with E-state index in [1.165, 1.54) is 25.7 Å². The molecule has 0 aromatic carbocycles. The summed E-state index contributed by atoms with van der Waals surface area (Å²) in [7, 11) is 0. The lowest BCUT2D eigenvalue weighted by Crippen LogP contribution is -2.39. The minimum Gasteiger partial charge on any atom is -0.340 e. The van der Waals surface area contributed by atoms with Crippen molar-refractivity contribution in [1.82, 2.24) is 4.90 Å². The summed E-state index contributed by atoms with van der Waals surface area (Å²) in [6.07, 6.45) is 7.18. The summed E-state index contributed by atoms with van der Waals surface area (Å²) >= 11 is 0. The Kier molecular flexibility index (Phi) is 4.66. The second-order valence-corrected chi connectivity index (χ2v) is 6.46. The van der Waals surface area contributed by atoms with Crippen molar-refractivity contribution in [1.29, 1.82) is 0 Å². The molecule has 3 unspecified atom stereocenters. The van der Waals surface area contributed by atoms with E-state index in [0.717, 1.165) is 31.2 Å². The van der Waals surface area contributed by atoms with Crippen LogP contribution in [0.4, 0.5) is 0 Å². The fourth-order valence-electron chi connectivity index (χ4n) is 3.90. The molecule has 3 nitrogen and oxygen atoms in total. The maximum Gasteiger partial charge on any atom is 0.223 e. The summed E-state index contributed by atoms with van der Waals surface area (Å²) in [5.74, 6) is 2.82. The fourth-order valence-corrected chi connectivity index (χ4v) is 3.90. The lowest BCUT2D eigenvalue weighted by molar-refractivity contribution is -0.134. The van der Waals surface area contributed by atoms with E-state index in [1.54, 1.807) is 0 Å². The van der Waals surface area contributed by atoms with E-state index in [1.807, 2.05) is 4.90 Å². The topological polar surface area (TPSA) is 46.3 Å². The molecule has 2 rings (SSSR count). The third-order valence-corrected chi connectivity index (χ3v) is 4.87. The minimum absolute atomic E-state index is 0.308. The van der Waals surface area contributed by atoms with Gasteiger partial charge in [-0.3, -0.25) is 4.79 Å². The molecule has 2 aliphatic rings. The number of fused-ring (bicyclic) bond motifs is 2. The van der Waals surface area contributed by atoms with Crippen LogP contribution in [-0.4, -0.2) is 29.9 Å². The third kappa shape index (κ3) is 3.05. The SMILES string of the molecule is CC(C)N(CCCN)C(=O)CC1CC2CCC1C2. The molecule has 3 heteroatoms. The predicted molar refractivity (Wildman–Crippen MR) is 74.1 cm³/mol. The first-order chi connectivity index (χ1) is 8.61. The van der Waals surface area contributed by atoms with Gasteiger partial charge in [0.05, 0.1) is 0 Å². The molecule has 104 valence electrons. The van der Waals surface area contributed by atoms with Crippen LogP contribution >= 0.6 is 0 Å². The van der Waals surface area contributed by atoms with Crippen molar-refractivity contribution in [2.24, 2.45) is 23.5 Å². The fraction of sp³-hybridized carbons (Fsp3) is 0.933. The molecule has 2 fully saturated rings. The van der Waals surface area contributed by atoms with Crippen molar-refractivity contribution in [2.45, 2.75) is 58.4 Å². The highest BCUT2D eigenvalue weighted by Crippen LogP contribution is 2.49. The molecule has 0 heterocycles. The second-order valence-electron chi connectivity index (χ2n) is 6.46. The van der Waals surface area contributed by atoms with Gasteiger partial charge in [-0.25, -0.2) is 0 Å². The van der Waals surface area contributed by atoms with Crippen molar-refractivity contribution >= 4 is 5.91 Å². The van der Waals surface area contributed by atoms with Gasteiger partial charge in [0.25, 0.3) is 0 Å². The van der Waals surface area contributed by atoms with Gasteiger partial charge in [0.2, 0.25) is 5.91 Å². The van der Waals surface area contributed by atoms with Crippen LogP contribution in [0.15, 0.2) is 0 Å². The molecule has 0 aromatic rings. The Morgan fingerprint density at radius 1 is 1.33 bits per heavy atom. The minimum atomic E-state index is 0.308. The summed E-state index contributed by atoms with van der Waals surface area (Å²) in [5.41, 5.74) is 5.55. The summed E-state index contributed by atoms with van der Waals surface area (Å²) in [6.45, 7) is 5.71. The van der Waals surface area contributed by atoms with Gasteiger partial charge in [-0.15, -0.1) is 0 Å². The number of nitrogens with zero attached hydrogens (tertiary/aromatic N) is 1. The number of rotatable bonds is 6. The van der Waals surface area contributed by atoms with E-state index < -0.39 is 0 Å². The van der Waals surface area contributed by atoms with E-state index in [2.05, 4.69) is 13.8 Å². The Labute approximate surface area is 111 Å². The van der Waals surface area contributed by atoms with Gasteiger partial charge in [0, 0.05) is 19.0 Å². The first-order valence-electron chi connectivity index (χ1n) is 7.61. The molecule has 1 amide bonds. The second kappa shape index (κ2) is 6.05. The van der Waals surface area contributed by atoms with E-state index in [-0.39, 0.29) is 0 Å². The van der Waals surface area contributed by atoms with Crippen LogP contribution < -0.4 is 5.73 Å². The molecule has 0 radical (unpaired) electrons. The van der Waals surface area contributed by atoms with Gasteiger partial charge in [-0.05, 0) is 63.8 Å². The van der Waals surface area contributed by atoms with Crippen LogP contribution in [0, 0.1) is 17.8 Å². The van der Waals surface area contributed by atoms with Crippen LogP contribution in [0.25, 0.3) is 0 Å². The molecule has 0 spiro atoms. The maximum atomic E-state index is 12.4. The average Bonchev–Trinajstić information content (AvgIpc) is 2.91. The normalized spacial score (nSPS) is 30.1. The van der Waals surface area contributed by atoms with Crippen LogP contribution in [0.3, 0.4) is 0 Å². The largest absolute Gasteiger partial charge is 0.340 e. The predicted octanol–water partition coefficient (Wildman–Crippen LogP) is 2.40. The molecule has 2 saturated carbocycles. The first kappa shape index (κ1) is 13.9. The molecule has 3 atom stereocenters. The molecule has 2 aliphatic carbocycles. The Morgan fingerprint density at radius 3 is 2.61 bits per heavy atom. The average molecular weight is 252 g/mol. The van der Waals surface area contributed by atoms with Gasteiger partial charge in [0.15, 0.2) is 0 Å². The Balaban J connectivity index is 1.85. The highest BCUT2D eigenvalue weighted by atomic mass is 16.2. The quantitative estimate of drug-likeness (QED) is 0.789. The first-order valence-corrected chi connectivity index (χ1v) is 7.61. The van der Waals surface area contributed by atoms with Gasteiger partial charge < -0.3 is 10.6 Å². The Hall–Kier alpha value is -0.570. The van der Waals surface area contributed by atoms with Crippen molar-refractivity contribution < 1.29 is 4.79 Å². The van der Waals surface area contributed by atoms with Gasteiger partial charge in [-0.1, -0.05) is 6.42 Å². The van der Waals surface area contributed by atoms with Crippen molar-refractivity contribution in [3.05, 3.63) is 0 Å². The van der Waals surface area contributed by atoms with Gasteiger partial charge in [-0.2, -0.15) is 0 Å². The van der Waals surface area contributed by atoms with Gasteiger partial charge >= 0.3 is 0 Å². The van der Waals surface area contributed by atoms with Crippen molar-refractivity contribution in [2.75, 3.05) is 13.1 Å². The molecular formula is C15H28N2O. The standard InChI is InChI=1S/C15H28N2O/c1-11(2)17(7-3-6-16)15(18)10-14-9-12-4-5-13(14)8-12/h11-14H,3-10,16H2,1-2H3. The molecule has 18 heavy (non-hydrogen) atoms. The van der Waals surface area contributed by atoms with E-state index >= 15 is 0 Å². The number of nitrogens with two attached hydrogens (primary N) is 1. The zero-order valence-electron chi connectivity index (χ0n) is 11.9. The van der Waals surface area contributed by atoms with E-state index in [9.17, 15) is 4.79 Å². The van der Waals surface area contributed by atoms with Gasteiger partial charge in [0.1, 0.15) is 0 Å². The maximum absolute atomic E-state index is 12.4. The van der Waals surface area contributed by atoms with Crippen molar-refractivity contribution in [3.63, 3.8) is 0 Å². The number of carbonyl (C=O) groups is 1. The highest BCUT2D eigenvalue weighted by molar-refractivity contribution is 5.76. The van der Waals surface area contributed by atoms with Crippen LogP contribution in [0.1, 0.15) is 52.4 Å². The molecule has 0 saturated heterocycles. The molecule has 2 bridgehead atoms. The smallest absolute Gasteiger partial charge is 0.223 e. The molecule has 2 N–H and O–H groups in total. The van der Waals surface area contributed by atoms with E-state index in [0.29, 0.717) is 24.4 Å². The number of hydrogen-bond acceptors (Lipinski definition) is 2. The lowest BCUT2D eigenvalue weighted by Gasteiger charge is -2.30. The number of amides is 1. The monoisotopic (exact) mass is 252 g/mol. The third-order valence-electron chi connectivity index (χ3n) is 4.87. The highest BCUT2D eigenvalue weighted by Gasteiger charge is 2.40. The van der Waals surface area contributed by atoms with Crippen LogP contribution in [-0.2, 0) is 4.79 Å². The number of hydrogen-bond donors (Lipinski definition) is 1. The summed E-state index contributed by atoms with van der Waals surface area (Å²) in [6, 6.07) is 0.308. The van der Waals surface area contributed by atoms with Crippen LogP contribution in [0.5, 0.6) is 0 Å². The molecule has 0 aromatic heterocycles. The molecular weight excluding hydrogens is 224 g/mol. The Bertz CT molecular complexity index is 290. The van der Waals surface area contributed by atoms with E-state index in [4.69, 9.17) is 5.73 Å². The van der Waals surface area contributed by atoms with Crippen LogP contribution in [0.2, 0.25) is 0 Å². The number of carbonyl (C=O) groups excluding carboxylic acids is 1. The summed E-state index contributed by atoms with van der Waals surface area (Å²) in [4.78, 5) is 14.4. The summed E-state index contributed by atoms with van der Waals surface area (Å²) < 4.78 is 0. The zero-order valence-corrected chi connectivity index (χ0v) is 11.9. The Morgan fingerprint density at radius 2 is 2.11 bits per heavy atom. The molecule has 0 aliphatic heterocycles. The zero-order chi connectivity index (χ0) is 13.1.